The van der Waals surface area contributed by atoms with E-state index in [0.717, 1.165) is 37.7 Å². The Bertz CT molecular complexity index is 1320. The molecule has 0 spiro atoms. The lowest BCUT2D eigenvalue weighted by Gasteiger charge is -2.37. The molecule has 1 aromatic carbocycles. The van der Waals surface area contributed by atoms with Crippen molar-refractivity contribution >= 4 is 0 Å². The maximum atomic E-state index is 14.1. The van der Waals surface area contributed by atoms with Gasteiger partial charge in [-0.3, -0.25) is 0 Å². The molecule has 21 heteroatoms. The van der Waals surface area contributed by atoms with Crippen LogP contribution in [0.5, 0.6) is 5.75 Å². The van der Waals surface area contributed by atoms with Gasteiger partial charge in [-0.2, -0.15) is 65.9 Å². The first-order chi connectivity index (χ1) is 22.8. The molecule has 0 aliphatic heterocycles. The molecule has 0 N–H and O–H groups in total. The summed E-state index contributed by atoms with van der Waals surface area (Å²) in [6, 6.07) is 5.57. The topological polar surface area (TPSA) is 53.5 Å². The van der Waals surface area contributed by atoms with E-state index >= 15 is 0 Å². The Labute approximate surface area is 274 Å². The average molecular weight is 759 g/mol. The second-order valence-corrected chi connectivity index (χ2v) is 10.9. The predicted octanol–water partition coefficient (Wildman–Crippen LogP) is 10.1. The van der Waals surface area contributed by atoms with Gasteiger partial charge >= 0.3 is 42.1 Å². The Balaban J connectivity index is 1.90. The number of nitrogens with zero attached hydrogens (tertiary/aromatic N) is 2. The number of hydrogen-bond donors (Lipinski definition) is 0. The molecule has 286 valence electrons. The second-order valence-electron chi connectivity index (χ2n) is 10.9. The molecule has 2 aromatic rings. The number of hydrogen-bond acceptors (Lipinski definition) is 5. The van der Waals surface area contributed by atoms with Crippen molar-refractivity contribution in [3.05, 3.63) is 42.2 Å². The third-order valence-corrected chi connectivity index (χ3v) is 6.85. The monoisotopic (exact) mass is 758 g/mol. The van der Waals surface area contributed by atoms with Gasteiger partial charge in [0.25, 0.3) is 0 Å². The molecule has 1 atom stereocenters. The van der Waals surface area contributed by atoms with E-state index < -0.39 is 68.1 Å². The highest BCUT2D eigenvalue weighted by molar-refractivity contribution is 5.55. The highest BCUT2D eigenvalue weighted by Gasteiger charge is 2.86. The van der Waals surface area contributed by atoms with Crippen LogP contribution in [0, 0.1) is 0 Å². The zero-order valence-electron chi connectivity index (χ0n) is 25.8. The molecule has 5 nitrogen and oxygen atoms in total. The first kappa shape index (κ1) is 43.1. The van der Waals surface area contributed by atoms with E-state index in [0.29, 0.717) is 11.4 Å². The molecule has 0 fully saturated rings. The minimum Gasteiger partial charge on any atom is -0.490 e. The Morgan fingerprint density at radius 1 is 0.640 bits per heavy atom. The summed E-state index contributed by atoms with van der Waals surface area (Å²) in [7, 11) is 0. The minimum absolute atomic E-state index is 0.0152. The Hall–Kier alpha value is -3.10. The summed E-state index contributed by atoms with van der Waals surface area (Å²) in [5.74, 6) is -29.2. The van der Waals surface area contributed by atoms with Gasteiger partial charge in [0, 0.05) is 18.0 Å². The van der Waals surface area contributed by atoms with Gasteiger partial charge in [0.1, 0.15) is 19.0 Å². The lowest BCUT2D eigenvalue weighted by molar-refractivity contribution is -0.513. The van der Waals surface area contributed by atoms with Crippen molar-refractivity contribution < 1.29 is 84.5 Å². The molecule has 0 aliphatic rings. The maximum Gasteiger partial charge on any atom is 0.460 e. The van der Waals surface area contributed by atoms with Crippen molar-refractivity contribution in [2.75, 3.05) is 19.8 Å². The fraction of sp³-hybridized carbons (Fsp3) is 0.655. The van der Waals surface area contributed by atoms with Crippen LogP contribution >= 0.6 is 0 Å². The van der Waals surface area contributed by atoms with E-state index in [4.69, 9.17) is 4.74 Å². The predicted molar refractivity (Wildman–Crippen MR) is 143 cm³/mol. The molecule has 0 saturated heterocycles. The molecular weight excluding hydrogens is 728 g/mol. The van der Waals surface area contributed by atoms with Gasteiger partial charge in [-0.05, 0) is 42.7 Å². The smallest absolute Gasteiger partial charge is 0.460 e. The number of ether oxygens (including phenoxy) is 3. The first-order valence-corrected chi connectivity index (χ1v) is 14.6. The summed E-state index contributed by atoms with van der Waals surface area (Å²) < 4.78 is 222. The standard InChI is InChI=1S/C29H30F16N2O3/c1-2-3-4-5-6-7-8-18-13-46-22(47-14-18)19-9-11-21(12-10-19)49-16-20(30)15-48-17-23(31,32)24(33,34)28(42,43)50-29(44,45)26(37,38)25(35,36)27(39,40)41/h9-14,20H,2-8,15-17H2,1H3/t20-/m0/s1. The fourth-order valence-corrected chi connectivity index (χ4v) is 3.95. The number of halogens is 16. The SMILES string of the molecule is CCCCCCCCc1cnc(-c2ccc(OC[C@@H](F)COCC(F)(F)C(F)(F)C(F)(F)OC(F)(F)C(F)(F)C(F)(F)C(F)(F)F)cc2)nc1. The molecule has 0 aliphatic carbocycles. The molecule has 0 bridgehead atoms. The third kappa shape index (κ3) is 10.2. The van der Waals surface area contributed by atoms with Crippen LogP contribution < -0.4 is 4.74 Å². The number of benzene rings is 1. The van der Waals surface area contributed by atoms with Gasteiger partial charge in [0.2, 0.25) is 0 Å². The van der Waals surface area contributed by atoms with Gasteiger partial charge in [0.15, 0.2) is 12.0 Å². The van der Waals surface area contributed by atoms with E-state index in [9.17, 15) is 70.2 Å². The van der Waals surface area contributed by atoms with Crippen LogP contribution in [0.2, 0.25) is 0 Å². The maximum absolute atomic E-state index is 14.1. The molecule has 0 amide bonds. The van der Waals surface area contributed by atoms with E-state index in [2.05, 4.69) is 21.6 Å². The molecule has 50 heavy (non-hydrogen) atoms. The van der Waals surface area contributed by atoms with Crippen molar-refractivity contribution in [3.63, 3.8) is 0 Å². The van der Waals surface area contributed by atoms with E-state index in [-0.39, 0.29) is 5.75 Å². The average Bonchev–Trinajstić information content (AvgIpc) is 3.01. The van der Waals surface area contributed by atoms with Gasteiger partial charge in [-0.1, -0.05) is 39.0 Å². The largest absolute Gasteiger partial charge is 0.490 e. The van der Waals surface area contributed by atoms with Crippen LogP contribution in [0.3, 0.4) is 0 Å². The number of unbranched alkanes of at least 4 members (excludes halogenated alkanes) is 5. The van der Waals surface area contributed by atoms with E-state index in [1.165, 1.54) is 41.8 Å². The zero-order valence-corrected chi connectivity index (χ0v) is 25.8. The Morgan fingerprint density at radius 2 is 1.16 bits per heavy atom. The molecule has 0 saturated carbocycles. The lowest BCUT2D eigenvalue weighted by atomic mass is 10.1. The third-order valence-electron chi connectivity index (χ3n) is 6.85. The summed E-state index contributed by atoms with van der Waals surface area (Å²) in [5.41, 5.74) is 1.45. The normalized spacial score (nSPS) is 14.6. The van der Waals surface area contributed by atoms with Gasteiger partial charge in [0.05, 0.1) is 6.61 Å². The number of rotatable bonds is 21. The van der Waals surface area contributed by atoms with Gasteiger partial charge in [-0.25, -0.2) is 19.1 Å². The molecule has 1 aromatic heterocycles. The summed E-state index contributed by atoms with van der Waals surface area (Å²) in [5, 5.41) is 0. The van der Waals surface area contributed by atoms with Crippen LogP contribution in [0.4, 0.5) is 70.2 Å². The van der Waals surface area contributed by atoms with E-state index in [1.807, 2.05) is 0 Å². The van der Waals surface area contributed by atoms with Crippen LogP contribution in [0.15, 0.2) is 36.7 Å². The first-order valence-electron chi connectivity index (χ1n) is 14.6. The summed E-state index contributed by atoms with van der Waals surface area (Å²) in [6.45, 7) is -3.38. The molecule has 2 rings (SSSR count). The Morgan fingerprint density at radius 3 is 1.70 bits per heavy atom. The van der Waals surface area contributed by atoms with Gasteiger partial charge in [-0.15, -0.1) is 0 Å². The number of aromatic nitrogens is 2. The van der Waals surface area contributed by atoms with E-state index in [1.54, 1.807) is 12.4 Å². The summed E-state index contributed by atoms with van der Waals surface area (Å²) in [4.78, 5) is 8.55. The van der Waals surface area contributed by atoms with Crippen LogP contribution in [-0.2, 0) is 15.9 Å². The highest BCUT2D eigenvalue weighted by Crippen LogP contribution is 2.57. The second kappa shape index (κ2) is 16.5. The number of aryl methyl sites for hydroxylation is 1. The zero-order chi connectivity index (χ0) is 38.2. The van der Waals surface area contributed by atoms with Crippen molar-refractivity contribution in [3.8, 4) is 17.1 Å². The van der Waals surface area contributed by atoms with Crippen LogP contribution in [-0.4, -0.2) is 78.0 Å². The van der Waals surface area contributed by atoms with Crippen LogP contribution in [0.1, 0.15) is 51.0 Å². The number of alkyl halides is 16. The molecular formula is C29H30F16N2O3. The highest BCUT2D eigenvalue weighted by atomic mass is 19.4. The van der Waals surface area contributed by atoms with Crippen molar-refractivity contribution in [2.24, 2.45) is 0 Å². The summed E-state index contributed by atoms with van der Waals surface area (Å²) >= 11 is 0. The quantitative estimate of drug-likeness (QED) is 0.0938. The lowest BCUT2D eigenvalue weighted by Crippen LogP contribution is -2.66. The van der Waals surface area contributed by atoms with Crippen molar-refractivity contribution in [1.29, 1.82) is 0 Å². The molecule has 0 unspecified atom stereocenters. The molecule has 0 radical (unpaired) electrons. The van der Waals surface area contributed by atoms with Crippen molar-refractivity contribution in [2.45, 2.75) is 100 Å². The van der Waals surface area contributed by atoms with Crippen LogP contribution in [0.25, 0.3) is 11.4 Å². The van der Waals surface area contributed by atoms with Crippen molar-refractivity contribution in [1.82, 2.24) is 9.97 Å². The Kier molecular flexibility index (Phi) is 14.2. The summed E-state index contributed by atoms with van der Waals surface area (Å²) in [6.07, 6.45) is -14.5. The molecule has 1 heterocycles. The minimum atomic E-state index is -7.99. The van der Waals surface area contributed by atoms with Gasteiger partial charge < -0.3 is 9.47 Å². The fourth-order valence-electron chi connectivity index (χ4n) is 3.95.